The summed E-state index contributed by atoms with van der Waals surface area (Å²) in [7, 11) is 1.09. The predicted octanol–water partition coefficient (Wildman–Crippen LogP) is 3.84. The van der Waals surface area contributed by atoms with Crippen molar-refractivity contribution in [2.75, 3.05) is 42.3 Å². The van der Waals surface area contributed by atoms with Gasteiger partial charge in [0.2, 0.25) is 0 Å². The lowest BCUT2D eigenvalue weighted by atomic mass is 9.92. The minimum atomic E-state index is -4.40. The number of rotatable bonds is 4. The molecule has 0 bridgehead atoms. The topological polar surface area (TPSA) is 62.8 Å². The average Bonchev–Trinajstić information content (AvgIpc) is 2.62. The summed E-state index contributed by atoms with van der Waals surface area (Å²) in [5.41, 5.74) is 1.70. The van der Waals surface area contributed by atoms with Gasteiger partial charge in [-0.3, -0.25) is 4.79 Å². The molecule has 4 rings (SSSR count). The number of anilines is 4. The third-order valence-corrected chi connectivity index (χ3v) is 5.27. The van der Waals surface area contributed by atoms with Crippen LogP contribution in [0.25, 0.3) is 0 Å². The van der Waals surface area contributed by atoms with Crippen molar-refractivity contribution in [3.63, 3.8) is 0 Å². The predicted molar refractivity (Wildman–Crippen MR) is 103 cm³/mol. The monoisotopic (exact) mass is 407 g/mol. The molecule has 2 aromatic carbocycles. The third kappa shape index (κ3) is 3.46. The van der Waals surface area contributed by atoms with Gasteiger partial charge in [-0.2, -0.15) is 13.2 Å². The van der Waals surface area contributed by atoms with Crippen LogP contribution in [0.1, 0.15) is 5.56 Å². The molecule has 2 aromatic rings. The summed E-state index contributed by atoms with van der Waals surface area (Å²) in [5, 5.41) is 6.00. The maximum Gasteiger partial charge on any atom is 0.420 e. The number of ether oxygens (including phenoxy) is 2. The highest BCUT2D eigenvalue weighted by Crippen LogP contribution is 2.43. The van der Waals surface area contributed by atoms with E-state index in [1.807, 2.05) is 25.1 Å². The summed E-state index contributed by atoms with van der Waals surface area (Å²) in [6.45, 7) is 1.40. The quantitative estimate of drug-likeness (QED) is 0.807. The molecule has 1 amide bonds. The molecule has 9 heteroatoms. The summed E-state index contributed by atoms with van der Waals surface area (Å²) in [5.74, 6) is 0.381. The summed E-state index contributed by atoms with van der Waals surface area (Å²) < 4.78 is 49.7. The summed E-state index contributed by atoms with van der Waals surface area (Å²) >= 11 is 0. The van der Waals surface area contributed by atoms with E-state index in [0.717, 1.165) is 24.0 Å². The Kier molecular flexibility index (Phi) is 4.57. The first-order valence-electron chi connectivity index (χ1n) is 9.02. The van der Waals surface area contributed by atoms with E-state index >= 15 is 0 Å². The highest BCUT2D eigenvalue weighted by Gasteiger charge is 2.62. The normalized spacial score (nSPS) is 17.7. The fourth-order valence-electron chi connectivity index (χ4n) is 3.47. The molecule has 1 fully saturated rings. The number of hydrogen-bond acceptors (Lipinski definition) is 5. The lowest BCUT2D eigenvalue weighted by Gasteiger charge is -2.50. The van der Waals surface area contributed by atoms with E-state index in [-0.39, 0.29) is 25.6 Å². The molecule has 154 valence electrons. The number of nitrogens with zero attached hydrogens (tertiary/aromatic N) is 1. The highest BCUT2D eigenvalue weighted by molar-refractivity contribution is 5.95. The zero-order chi connectivity index (χ0) is 20.8. The van der Waals surface area contributed by atoms with Crippen molar-refractivity contribution in [2.24, 2.45) is 0 Å². The summed E-state index contributed by atoms with van der Waals surface area (Å²) in [6.07, 6.45) is -4.40. The van der Waals surface area contributed by atoms with Gasteiger partial charge < -0.3 is 25.0 Å². The molecule has 0 aliphatic carbocycles. The Morgan fingerprint density at radius 1 is 1.21 bits per heavy atom. The molecule has 1 saturated heterocycles. The Labute approximate surface area is 165 Å². The number of alkyl halides is 3. The lowest BCUT2D eigenvalue weighted by molar-refractivity contribution is -0.277. The molecular formula is C20H20F3N3O3. The molecule has 0 radical (unpaired) electrons. The molecule has 0 atom stereocenters. The molecule has 0 spiro atoms. The van der Waals surface area contributed by atoms with Crippen LogP contribution in [0.2, 0.25) is 0 Å². The van der Waals surface area contributed by atoms with Crippen molar-refractivity contribution in [1.29, 1.82) is 0 Å². The first-order valence-corrected chi connectivity index (χ1v) is 9.02. The zero-order valence-electron chi connectivity index (χ0n) is 15.9. The van der Waals surface area contributed by atoms with Crippen molar-refractivity contribution in [3.05, 3.63) is 42.0 Å². The van der Waals surface area contributed by atoms with E-state index < -0.39 is 11.8 Å². The number of hydrogen-bond donors (Lipinski definition) is 2. The largest absolute Gasteiger partial charge is 0.482 e. The molecule has 0 saturated carbocycles. The smallest absolute Gasteiger partial charge is 0.420 e. The fourth-order valence-corrected chi connectivity index (χ4v) is 3.47. The van der Waals surface area contributed by atoms with Gasteiger partial charge in [-0.05, 0) is 42.8 Å². The van der Waals surface area contributed by atoms with Crippen molar-refractivity contribution in [3.8, 4) is 5.75 Å². The molecule has 2 heterocycles. The van der Waals surface area contributed by atoms with Crippen LogP contribution in [-0.2, 0) is 9.53 Å². The Balaban J connectivity index is 1.47. The van der Waals surface area contributed by atoms with E-state index in [1.54, 1.807) is 23.1 Å². The standard InChI is InChI=1S/C20H20F3N3O3/c1-12-7-14(26-10-19(11-26,28-2)20(21,22)23)4-6-15(12)24-13-3-5-16-17(8-13)29-9-18(27)25-16/h3-8,24H,9-11H2,1-2H3,(H,25,27). The van der Waals surface area contributed by atoms with Gasteiger partial charge in [0, 0.05) is 30.2 Å². The number of aryl methyl sites for hydroxylation is 1. The SMILES string of the molecule is COC1(C(F)(F)F)CN(c2ccc(Nc3ccc4c(c3)OCC(=O)N4)c(C)c2)C1. The minimum absolute atomic E-state index is 0.0269. The molecular weight excluding hydrogens is 387 g/mol. The van der Waals surface area contributed by atoms with Gasteiger partial charge in [0.15, 0.2) is 12.2 Å². The number of fused-ring (bicyclic) bond motifs is 1. The molecule has 6 nitrogen and oxygen atoms in total. The summed E-state index contributed by atoms with van der Waals surface area (Å²) in [6, 6.07) is 10.8. The average molecular weight is 407 g/mol. The van der Waals surface area contributed by atoms with E-state index in [1.165, 1.54) is 0 Å². The maximum atomic E-state index is 13.2. The van der Waals surface area contributed by atoms with Gasteiger partial charge in [-0.15, -0.1) is 0 Å². The number of halogens is 3. The molecule has 2 aliphatic heterocycles. The molecule has 2 N–H and O–H groups in total. The second-order valence-electron chi connectivity index (χ2n) is 7.22. The van der Waals surface area contributed by atoms with Crippen LogP contribution >= 0.6 is 0 Å². The number of nitrogens with one attached hydrogen (secondary N) is 2. The van der Waals surface area contributed by atoms with Gasteiger partial charge in [0.1, 0.15) is 5.75 Å². The van der Waals surface area contributed by atoms with E-state index in [0.29, 0.717) is 17.1 Å². The molecule has 0 aromatic heterocycles. The van der Waals surface area contributed by atoms with Crippen LogP contribution < -0.4 is 20.3 Å². The minimum Gasteiger partial charge on any atom is -0.482 e. The fraction of sp³-hybridized carbons (Fsp3) is 0.350. The van der Waals surface area contributed by atoms with Gasteiger partial charge in [0.25, 0.3) is 5.91 Å². The van der Waals surface area contributed by atoms with Crippen molar-refractivity contribution in [1.82, 2.24) is 0 Å². The Bertz CT molecular complexity index is 956. The third-order valence-electron chi connectivity index (χ3n) is 5.27. The van der Waals surface area contributed by atoms with Crippen molar-refractivity contribution in [2.45, 2.75) is 18.7 Å². The number of benzene rings is 2. The van der Waals surface area contributed by atoms with Crippen molar-refractivity contribution >= 4 is 28.7 Å². The number of methoxy groups -OCH3 is 1. The van der Waals surface area contributed by atoms with Gasteiger partial charge in [0.05, 0.1) is 18.8 Å². The molecule has 2 aliphatic rings. The first kappa shape index (κ1) is 19.4. The molecule has 0 unspecified atom stereocenters. The summed E-state index contributed by atoms with van der Waals surface area (Å²) in [4.78, 5) is 13.0. The van der Waals surface area contributed by atoms with Crippen LogP contribution in [0.15, 0.2) is 36.4 Å². The highest BCUT2D eigenvalue weighted by atomic mass is 19.4. The van der Waals surface area contributed by atoms with Gasteiger partial charge in [-0.1, -0.05) is 0 Å². The second kappa shape index (κ2) is 6.84. The van der Waals surface area contributed by atoms with Crippen molar-refractivity contribution < 1.29 is 27.4 Å². The van der Waals surface area contributed by atoms with Crippen LogP contribution in [0.4, 0.5) is 35.9 Å². The van der Waals surface area contributed by atoms with Crippen LogP contribution in [-0.4, -0.2) is 44.5 Å². The van der Waals surface area contributed by atoms with Crippen LogP contribution in [0.3, 0.4) is 0 Å². The number of carbonyl (C=O) groups is 1. The van der Waals surface area contributed by atoms with Gasteiger partial charge >= 0.3 is 6.18 Å². The van der Waals surface area contributed by atoms with E-state index in [9.17, 15) is 18.0 Å². The van der Waals surface area contributed by atoms with E-state index in [2.05, 4.69) is 10.6 Å². The Hall–Kier alpha value is -2.94. The van der Waals surface area contributed by atoms with Crippen LogP contribution in [0, 0.1) is 6.92 Å². The van der Waals surface area contributed by atoms with E-state index in [4.69, 9.17) is 9.47 Å². The zero-order valence-corrected chi connectivity index (χ0v) is 15.9. The second-order valence-corrected chi connectivity index (χ2v) is 7.22. The lowest BCUT2D eigenvalue weighted by Crippen LogP contribution is -2.70. The van der Waals surface area contributed by atoms with Crippen LogP contribution in [0.5, 0.6) is 5.75 Å². The first-order chi connectivity index (χ1) is 13.7. The molecule has 29 heavy (non-hydrogen) atoms. The Morgan fingerprint density at radius 2 is 1.97 bits per heavy atom. The maximum absolute atomic E-state index is 13.2. The number of carbonyl (C=O) groups excluding carboxylic acids is 1. The number of amides is 1. The Morgan fingerprint density at radius 3 is 2.62 bits per heavy atom. The van der Waals surface area contributed by atoms with Gasteiger partial charge in [-0.25, -0.2) is 0 Å².